The molecule has 1 amide bonds. The summed E-state index contributed by atoms with van der Waals surface area (Å²) in [4.78, 5) is 17.7. The van der Waals surface area contributed by atoms with Crippen molar-refractivity contribution in [2.24, 2.45) is 0 Å². The normalized spacial score (nSPS) is 18.3. The van der Waals surface area contributed by atoms with Gasteiger partial charge in [0.1, 0.15) is 0 Å². The molecule has 1 atom stereocenters. The average Bonchev–Trinajstić information content (AvgIpc) is 3.02. The zero-order valence-electron chi connectivity index (χ0n) is 12.3. The number of aliphatic hydroxyl groups is 1. The molecule has 6 heteroatoms. The molecule has 2 aromatic heterocycles. The van der Waals surface area contributed by atoms with Crippen molar-refractivity contribution in [3.05, 3.63) is 21.9 Å². The van der Waals surface area contributed by atoms with E-state index < -0.39 is 0 Å². The Kier molecular flexibility index (Phi) is 4.31. The number of fused-ring (bicyclic) bond motifs is 1. The molecule has 0 radical (unpaired) electrons. The van der Waals surface area contributed by atoms with E-state index in [-0.39, 0.29) is 12.0 Å². The summed E-state index contributed by atoms with van der Waals surface area (Å²) in [6.07, 6.45) is -0.307. The molecule has 1 fully saturated rings. The molecule has 0 aromatic carbocycles. The van der Waals surface area contributed by atoms with Crippen LogP contribution >= 0.6 is 22.7 Å². The molecule has 1 aliphatic heterocycles. The van der Waals surface area contributed by atoms with Gasteiger partial charge in [0, 0.05) is 42.1 Å². The van der Waals surface area contributed by atoms with Gasteiger partial charge in [0.25, 0.3) is 5.91 Å². The lowest BCUT2D eigenvalue weighted by molar-refractivity contribution is 0.0558. The second kappa shape index (κ2) is 6.04. The number of hydrogen-bond donors (Lipinski definition) is 1. The van der Waals surface area contributed by atoms with Crippen LogP contribution in [0.25, 0.3) is 9.40 Å². The lowest BCUT2D eigenvalue weighted by atomic mass is 10.2. The monoisotopic (exact) mass is 324 g/mol. The van der Waals surface area contributed by atoms with Crippen molar-refractivity contribution in [3.8, 4) is 0 Å². The highest BCUT2D eigenvalue weighted by Gasteiger charge is 2.25. The highest BCUT2D eigenvalue weighted by molar-refractivity contribution is 7.28. The Hall–Kier alpha value is -0.950. The fraction of sp³-hybridized carbons (Fsp3) is 0.533. The smallest absolute Gasteiger partial charge is 0.264 e. The van der Waals surface area contributed by atoms with Gasteiger partial charge < -0.3 is 10.0 Å². The molecule has 1 aliphatic rings. The maximum atomic E-state index is 12.7. The van der Waals surface area contributed by atoms with Crippen LogP contribution in [0.4, 0.5) is 0 Å². The van der Waals surface area contributed by atoms with Crippen molar-refractivity contribution in [1.29, 1.82) is 0 Å². The van der Waals surface area contributed by atoms with Gasteiger partial charge in [-0.2, -0.15) is 0 Å². The number of carbonyl (C=O) groups excluding carboxylic acids is 1. The molecule has 0 saturated carbocycles. The molecule has 1 saturated heterocycles. The van der Waals surface area contributed by atoms with Crippen LogP contribution in [-0.2, 0) is 0 Å². The standard InChI is InChI=1S/C15H20N2O2S2/c1-10(18)9-16-4-6-17(7-5-16)15(19)14-11(2)13-12(21-14)3-8-20-13/h3,8,10,18H,4-7,9H2,1-2H3. The first-order valence-electron chi connectivity index (χ1n) is 7.22. The number of rotatable bonds is 3. The van der Waals surface area contributed by atoms with Crippen LogP contribution in [0, 0.1) is 6.92 Å². The van der Waals surface area contributed by atoms with Gasteiger partial charge in [-0.25, -0.2) is 0 Å². The van der Waals surface area contributed by atoms with E-state index in [9.17, 15) is 9.90 Å². The molecule has 2 aromatic rings. The predicted octanol–water partition coefficient (Wildman–Crippen LogP) is 2.41. The Morgan fingerprint density at radius 2 is 2.10 bits per heavy atom. The molecule has 114 valence electrons. The van der Waals surface area contributed by atoms with Crippen molar-refractivity contribution in [3.63, 3.8) is 0 Å². The van der Waals surface area contributed by atoms with Crippen LogP contribution in [0.1, 0.15) is 22.2 Å². The summed E-state index contributed by atoms with van der Waals surface area (Å²) in [5.41, 5.74) is 1.13. The van der Waals surface area contributed by atoms with Crippen molar-refractivity contribution >= 4 is 38.0 Å². The second-order valence-corrected chi connectivity index (χ2v) is 7.58. The lowest BCUT2D eigenvalue weighted by Crippen LogP contribution is -2.50. The van der Waals surface area contributed by atoms with E-state index in [0.717, 1.165) is 36.6 Å². The van der Waals surface area contributed by atoms with Gasteiger partial charge in [-0.05, 0) is 30.9 Å². The molecule has 3 rings (SSSR count). The average molecular weight is 324 g/mol. The maximum Gasteiger partial charge on any atom is 0.264 e. The van der Waals surface area contributed by atoms with Gasteiger partial charge in [-0.3, -0.25) is 9.69 Å². The first kappa shape index (κ1) is 15.0. The molecular formula is C15H20N2O2S2. The molecule has 3 heterocycles. The van der Waals surface area contributed by atoms with Crippen molar-refractivity contribution in [2.45, 2.75) is 20.0 Å². The number of thiophene rings is 2. The van der Waals surface area contributed by atoms with Gasteiger partial charge in [-0.15, -0.1) is 22.7 Å². The number of piperazine rings is 1. The molecule has 21 heavy (non-hydrogen) atoms. The summed E-state index contributed by atoms with van der Waals surface area (Å²) in [7, 11) is 0. The Labute approximate surface area is 132 Å². The van der Waals surface area contributed by atoms with Crippen LogP contribution in [-0.4, -0.2) is 59.6 Å². The first-order valence-corrected chi connectivity index (χ1v) is 8.92. The van der Waals surface area contributed by atoms with Gasteiger partial charge in [0.15, 0.2) is 0 Å². The van der Waals surface area contributed by atoms with Crippen molar-refractivity contribution < 1.29 is 9.90 Å². The number of carbonyl (C=O) groups is 1. The van der Waals surface area contributed by atoms with Crippen LogP contribution < -0.4 is 0 Å². The first-order chi connectivity index (χ1) is 10.1. The number of aliphatic hydroxyl groups excluding tert-OH is 1. The van der Waals surface area contributed by atoms with E-state index in [1.54, 1.807) is 29.6 Å². The van der Waals surface area contributed by atoms with Crippen molar-refractivity contribution in [2.75, 3.05) is 32.7 Å². The van der Waals surface area contributed by atoms with Gasteiger partial charge in [-0.1, -0.05) is 0 Å². The summed E-state index contributed by atoms with van der Waals surface area (Å²) in [6, 6.07) is 2.09. The molecule has 1 unspecified atom stereocenters. The summed E-state index contributed by atoms with van der Waals surface area (Å²) >= 11 is 3.32. The molecule has 0 bridgehead atoms. The number of amides is 1. The Bertz CT molecular complexity index is 639. The largest absolute Gasteiger partial charge is 0.392 e. The fourth-order valence-corrected chi connectivity index (χ4v) is 5.09. The number of nitrogens with zero attached hydrogens (tertiary/aromatic N) is 2. The summed E-state index contributed by atoms with van der Waals surface area (Å²) in [5.74, 6) is 0.164. The SMILES string of the molecule is Cc1c(C(=O)N2CCN(CC(C)O)CC2)sc2ccsc12. The summed E-state index contributed by atoms with van der Waals surface area (Å²) < 4.78 is 2.46. The third kappa shape index (κ3) is 2.99. The Morgan fingerprint density at radius 3 is 2.71 bits per heavy atom. The third-order valence-corrected chi connectivity index (χ3v) is 6.31. The topological polar surface area (TPSA) is 43.8 Å². The molecule has 1 N–H and O–H groups in total. The second-order valence-electron chi connectivity index (χ2n) is 5.61. The van der Waals surface area contributed by atoms with Crippen LogP contribution in [0.3, 0.4) is 0 Å². The van der Waals surface area contributed by atoms with Crippen LogP contribution in [0.2, 0.25) is 0 Å². The predicted molar refractivity (Wildman–Crippen MR) is 88.5 cm³/mol. The highest BCUT2D eigenvalue weighted by atomic mass is 32.1. The van der Waals surface area contributed by atoms with E-state index in [4.69, 9.17) is 0 Å². The van der Waals surface area contributed by atoms with Crippen molar-refractivity contribution in [1.82, 2.24) is 9.80 Å². The number of β-amino-alcohol motifs (C(OH)–C–C–N with tert-alkyl or cyclic N) is 1. The van der Waals surface area contributed by atoms with E-state index >= 15 is 0 Å². The zero-order chi connectivity index (χ0) is 15.0. The van der Waals surface area contributed by atoms with E-state index in [0.29, 0.717) is 6.54 Å². The summed E-state index contributed by atoms with van der Waals surface area (Å²) in [5, 5.41) is 11.5. The van der Waals surface area contributed by atoms with E-state index in [1.807, 2.05) is 11.8 Å². The number of hydrogen-bond acceptors (Lipinski definition) is 5. The van der Waals surface area contributed by atoms with E-state index in [1.165, 1.54) is 9.40 Å². The lowest BCUT2D eigenvalue weighted by Gasteiger charge is -2.35. The van der Waals surface area contributed by atoms with Crippen LogP contribution in [0.15, 0.2) is 11.4 Å². The molecular weight excluding hydrogens is 304 g/mol. The number of aryl methyl sites for hydroxylation is 1. The molecule has 4 nitrogen and oxygen atoms in total. The third-order valence-electron chi connectivity index (χ3n) is 3.90. The molecule has 0 aliphatic carbocycles. The zero-order valence-corrected chi connectivity index (χ0v) is 14.0. The summed E-state index contributed by atoms with van der Waals surface area (Å²) in [6.45, 7) is 7.72. The minimum absolute atomic E-state index is 0.164. The quantitative estimate of drug-likeness (QED) is 0.943. The van der Waals surface area contributed by atoms with Gasteiger partial charge in [0.2, 0.25) is 0 Å². The van der Waals surface area contributed by atoms with Gasteiger partial charge >= 0.3 is 0 Å². The Balaban J connectivity index is 1.69. The molecule has 0 spiro atoms. The van der Waals surface area contributed by atoms with E-state index in [2.05, 4.69) is 16.3 Å². The maximum absolute atomic E-state index is 12.7. The highest BCUT2D eigenvalue weighted by Crippen LogP contribution is 2.35. The fourth-order valence-electron chi connectivity index (χ4n) is 2.80. The Morgan fingerprint density at radius 1 is 1.38 bits per heavy atom. The minimum Gasteiger partial charge on any atom is -0.392 e. The van der Waals surface area contributed by atoms with Gasteiger partial charge in [0.05, 0.1) is 11.0 Å². The minimum atomic E-state index is -0.307. The van der Waals surface area contributed by atoms with Crippen LogP contribution in [0.5, 0.6) is 0 Å².